The zero-order chi connectivity index (χ0) is 15.1. The maximum atomic E-state index is 9.09. The lowest BCUT2D eigenvalue weighted by molar-refractivity contribution is 0.217. The van der Waals surface area contributed by atoms with Crippen molar-refractivity contribution in [1.82, 2.24) is 0 Å². The highest BCUT2D eigenvalue weighted by atomic mass is 16.5. The summed E-state index contributed by atoms with van der Waals surface area (Å²) in [6.45, 7) is 2.93. The average molecular weight is 286 g/mol. The molecule has 0 unspecified atom stereocenters. The lowest BCUT2D eigenvalue weighted by Crippen LogP contribution is -2.29. The number of hydrogen-bond donors (Lipinski definition) is 2. The first-order chi connectivity index (χ1) is 10.2. The van der Waals surface area contributed by atoms with E-state index in [2.05, 4.69) is 6.92 Å². The minimum Gasteiger partial charge on any atom is -0.490 e. The van der Waals surface area contributed by atoms with Crippen molar-refractivity contribution in [2.45, 2.75) is 13.3 Å². The van der Waals surface area contributed by atoms with Gasteiger partial charge in [-0.3, -0.25) is 0 Å². The lowest BCUT2D eigenvalue weighted by Gasteiger charge is -2.09. The normalized spacial score (nSPS) is 10.2. The third kappa shape index (κ3) is 4.81. The van der Waals surface area contributed by atoms with Gasteiger partial charge in [-0.25, -0.2) is 0 Å². The molecule has 0 aliphatic carbocycles. The monoisotopic (exact) mass is 286 g/mol. The van der Waals surface area contributed by atoms with Gasteiger partial charge in [0.05, 0.1) is 0 Å². The third-order valence-corrected chi connectivity index (χ3v) is 3.11. The molecule has 0 fully saturated rings. The van der Waals surface area contributed by atoms with Gasteiger partial charge >= 0.3 is 7.12 Å². The van der Waals surface area contributed by atoms with Crippen LogP contribution in [0.15, 0.2) is 48.5 Å². The highest BCUT2D eigenvalue weighted by molar-refractivity contribution is 6.58. The molecule has 0 aliphatic rings. The molecule has 21 heavy (non-hydrogen) atoms. The molecule has 0 amide bonds. The van der Waals surface area contributed by atoms with Crippen molar-refractivity contribution in [2.24, 2.45) is 0 Å². The molecule has 0 atom stereocenters. The van der Waals surface area contributed by atoms with E-state index in [9.17, 15) is 0 Å². The molecule has 0 aliphatic heterocycles. The fourth-order valence-electron chi connectivity index (χ4n) is 1.91. The fourth-order valence-corrected chi connectivity index (χ4v) is 1.91. The van der Waals surface area contributed by atoms with E-state index in [0.717, 1.165) is 12.2 Å². The van der Waals surface area contributed by atoms with Crippen LogP contribution in [-0.2, 0) is 6.42 Å². The van der Waals surface area contributed by atoms with Crippen LogP contribution in [-0.4, -0.2) is 30.4 Å². The minimum absolute atomic E-state index is 0.389. The third-order valence-electron chi connectivity index (χ3n) is 3.11. The summed E-state index contributed by atoms with van der Waals surface area (Å²) in [6.07, 6.45) is 1.01. The van der Waals surface area contributed by atoms with Gasteiger partial charge in [-0.05, 0) is 41.7 Å². The molecule has 0 spiro atoms. The second-order valence-electron chi connectivity index (χ2n) is 4.64. The van der Waals surface area contributed by atoms with Gasteiger partial charge in [-0.15, -0.1) is 0 Å². The summed E-state index contributed by atoms with van der Waals surface area (Å²) in [7, 11) is -1.48. The Bertz CT molecular complexity index is 554. The molecule has 2 N–H and O–H groups in total. The first kappa shape index (κ1) is 15.4. The van der Waals surface area contributed by atoms with Crippen LogP contribution in [0.5, 0.6) is 11.5 Å². The minimum atomic E-state index is -1.48. The van der Waals surface area contributed by atoms with Gasteiger partial charge in [0.1, 0.15) is 24.7 Å². The molecule has 0 aromatic heterocycles. The standard InChI is InChI=1S/C16H19BO4/c1-2-13-6-8-15(9-7-13)20-10-11-21-16-5-3-4-14(12-16)17(18)19/h3-9,12,18-19H,2,10-11H2,1H3. The van der Waals surface area contributed by atoms with Crippen molar-refractivity contribution in [3.63, 3.8) is 0 Å². The van der Waals surface area contributed by atoms with Crippen LogP contribution in [0, 0.1) is 0 Å². The Hall–Kier alpha value is -1.98. The molecular formula is C16H19BO4. The van der Waals surface area contributed by atoms with Gasteiger partial charge in [-0.1, -0.05) is 31.2 Å². The van der Waals surface area contributed by atoms with Gasteiger partial charge in [0.15, 0.2) is 0 Å². The highest BCUT2D eigenvalue weighted by Gasteiger charge is 2.10. The Morgan fingerprint density at radius 2 is 1.57 bits per heavy atom. The van der Waals surface area contributed by atoms with E-state index in [-0.39, 0.29) is 0 Å². The number of hydrogen-bond acceptors (Lipinski definition) is 4. The number of rotatable bonds is 7. The number of aryl methyl sites for hydroxylation is 1. The van der Waals surface area contributed by atoms with Crippen molar-refractivity contribution in [3.8, 4) is 11.5 Å². The van der Waals surface area contributed by atoms with E-state index in [1.165, 1.54) is 5.56 Å². The van der Waals surface area contributed by atoms with E-state index >= 15 is 0 Å². The topological polar surface area (TPSA) is 58.9 Å². The van der Waals surface area contributed by atoms with Gasteiger partial charge in [-0.2, -0.15) is 0 Å². The van der Waals surface area contributed by atoms with Crippen LogP contribution in [0.3, 0.4) is 0 Å². The summed E-state index contributed by atoms with van der Waals surface area (Å²) in [5.41, 5.74) is 1.68. The SMILES string of the molecule is CCc1ccc(OCCOc2cccc(B(O)O)c2)cc1. The van der Waals surface area contributed by atoms with Crippen LogP contribution >= 0.6 is 0 Å². The second kappa shape index (κ2) is 7.71. The maximum absolute atomic E-state index is 9.09. The summed E-state index contributed by atoms with van der Waals surface area (Å²) < 4.78 is 11.1. The summed E-state index contributed by atoms with van der Waals surface area (Å²) in [5.74, 6) is 1.40. The molecule has 2 aromatic rings. The van der Waals surface area contributed by atoms with Crippen LogP contribution in [0.4, 0.5) is 0 Å². The van der Waals surface area contributed by atoms with Gasteiger partial charge in [0.2, 0.25) is 0 Å². The molecule has 0 saturated carbocycles. The molecule has 0 heterocycles. The Kier molecular flexibility index (Phi) is 5.66. The molecule has 0 bridgehead atoms. The van der Waals surface area contributed by atoms with E-state index in [0.29, 0.717) is 24.4 Å². The predicted molar refractivity (Wildman–Crippen MR) is 83.1 cm³/mol. The second-order valence-corrected chi connectivity index (χ2v) is 4.64. The van der Waals surface area contributed by atoms with E-state index in [1.807, 2.05) is 24.3 Å². The molecule has 0 radical (unpaired) electrons. The first-order valence-electron chi connectivity index (χ1n) is 6.99. The van der Waals surface area contributed by atoms with Crippen molar-refractivity contribution in [3.05, 3.63) is 54.1 Å². The number of benzene rings is 2. The lowest BCUT2D eigenvalue weighted by atomic mass is 9.80. The smallest absolute Gasteiger partial charge is 0.488 e. The fraction of sp³-hybridized carbons (Fsp3) is 0.250. The predicted octanol–water partition coefficient (Wildman–Crippen LogP) is 1.39. The number of ether oxygens (including phenoxy) is 2. The Morgan fingerprint density at radius 1 is 0.905 bits per heavy atom. The van der Waals surface area contributed by atoms with Gasteiger partial charge in [0.25, 0.3) is 0 Å². The van der Waals surface area contributed by atoms with Crippen LogP contribution in [0.25, 0.3) is 0 Å². The van der Waals surface area contributed by atoms with E-state index in [4.69, 9.17) is 19.5 Å². The van der Waals surface area contributed by atoms with Crippen LogP contribution in [0.1, 0.15) is 12.5 Å². The zero-order valence-electron chi connectivity index (χ0n) is 12.0. The van der Waals surface area contributed by atoms with Crippen molar-refractivity contribution in [2.75, 3.05) is 13.2 Å². The van der Waals surface area contributed by atoms with Gasteiger partial charge < -0.3 is 19.5 Å². The van der Waals surface area contributed by atoms with Crippen molar-refractivity contribution in [1.29, 1.82) is 0 Å². The summed E-state index contributed by atoms with van der Waals surface area (Å²) in [4.78, 5) is 0. The Morgan fingerprint density at radius 3 is 2.19 bits per heavy atom. The average Bonchev–Trinajstić information content (AvgIpc) is 2.52. The molecule has 4 nitrogen and oxygen atoms in total. The largest absolute Gasteiger partial charge is 0.490 e. The zero-order valence-corrected chi connectivity index (χ0v) is 12.0. The molecular weight excluding hydrogens is 267 g/mol. The summed E-state index contributed by atoms with van der Waals surface area (Å²) in [6, 6.07) is 14.7. The molecule has 0 saturated heterocycles. The van der Waals surface area contributed by atoms with Crippen molar-refractivity contribution >= 4 is 12.6 Å². The summed E-state index contributed by atoms with van der Waals surface area (Å²) >= 11 is 0. The molecule has 2 aromatic carbocycles. The highest BCUT2D eigenvalue weighted by Crippen LogP contribution is 2.13. The molecule has 2 rings (SSSR count). The Balaban J connectivity index is 1.77. The Labute approximate surface area is 125 Å². The van der Waals surface area contributed by atoms with Crippen LogP contribution in [0.2, 0.25) is 0 Å². The quantitative estimate of drug-likeness (QED) is 0.596. The summed E-state index contributed by atoms with van der Waals surface area (Å²) in [5, 5.41) is 18.2. The first-order valence-corrected chi connectivity index (χ1v) is 6.99. The van der Waals surface area contributed by atoms with E-state index in [1.54, 1.807) is 24.3 Å². The molecule has 5 heteroatoms. The van der Waals surface area contributed by atoms with Crippen molar-refractivity contribution < 1.29 is 19.5 Å². The van der Waals surface area contributed by atoms with Gasteiger partial charge in [0, 0.05) is 0 Å². The van der Waals surface area contributed by atoms with Crippen LogP contribution < -0.4 is 14.9 Å². The maximum Gasteiger partial charge on any atom is 0.488 e. The van der Waals surface area contributed by atoms with E-state index < -0.39 is 7.12 Å². The molecule has 110 valence electrons.